The number of benzene rings is 1. The van der Waals surface area contributed by atoms with Crippen molar-refractivity contribution in [3.8, 4) is 11.6 Å². The normalized spacial score (nSPS) is 25.0. The van der Waals surface area contributed by atoms with Crippen LogP contribution in [0.15, 0.2) is 47.2 Å². The molecule has 10 nitrogen and oxygen atoms in total. The Bertz CT molecular complexity index is 1830. The number of fused-ring (bicyclic) bond motifs is 4. The van der Waals surface area contributed by atoms with Gasteiger partial charge in [-0.05, 0) is 80.3 Å². The molecule has 2 aromatic rings. The molecule has 3 aliphatic carbocycles. The van der Waals surface area contributed by atoms with Gasteiger partial charge in [-0.15, -0.1) is 13.2 Å². The Hall–Kier alpha value is -3.58. The number of aromatic nitrogens is 1. The molecule has 1 fully saturated rings. The fraction of sp³-hybridized carbons (Fsp3) is 0.605. The molecule has 300 valence electrons. The topological polar surface area (TPSA) is 123 Å². The minimum absolute atomic E-state index is 0.0363. The van der Waals surface area contributed by atoms with Gasteiger partial charge < -0.3 is 28.8 Å². The number of nitrogens with zero attached hydrogens (tertiary/aromatic N) is 2. The van der Waals surface area contributed by atoms with Crippen LogP contribution in [0.4, 0.5) is 4.39 Å². The van der Waals surface area contributed by atoms with Gasteiger partial charge in [0.1, 0.15) is 22.9 Å². The van der Waals surface area contributed by atoms with E-state index in [0.717, 1.165) is 45.1 Å². The van der Waals surface area contributed by atoms with Gasteiger partial charge in [-0.3, -0.25) is 14.5 Å². The van der Waals surface area contributed by atoms with Gasteiger partial charge in [0.15, 0.2) is 25.5 Å². The number of ether oxygens (including phenoxy) is 2. The van der Waals surface area contributed by atoms with E-state index in [9.17, 15) is 5.11 Å². The summed E-state index contributed by atoms with van der Waals surface area (Å²) in [5.41, 5.74) is -0.913. The Morgan fingerprint density at radius 3 is 2.38 bits per heavy atom. The van der Waals surface area contributed by atoms with Gasteiger partial charge in [0, 0.05) is 41.7 Å². The van der Waals surface area contributed by atoms with Crippen LogP contribution in [0.1, 0.15) is 129 Å². The highest BCUT2D eigenvalue weighted by Gasteiger charge is 2.67. The Morgan fingerprint density at radius 1 is 1.11 bits per heavy atom. The monoisotopic (exact) mass is 777 g/mol. The Kier molecular flexibility index (Phi) is 12.0. The number of hydrogen-bond donors (Lipinski definition) is 2. The van der Waals surface area contributed by atoms with Crippen LogP contribution in [0, 0.1) is 17.7 Å². The van der Waals surface area contributed by atoms with Gasteiger partial charge in [0.25, 0.3) is 5.88 Å². The Morgan fingerprint density at radius 2 is 1.78 bits per heavy atom. The van der Waals surface area contributed by atoms with Crippen LogP contribution in [0.2, 0.25) is 18.1 Å². The lowest BCUT2D eigenvalue weighted by molar-refractivity contribution is -0.0525. The largest absolute Gasteiger partial charge is 0.508 e. The van der Waals surface area contributed by atoms with E-state index in [1.165, 1.54) is 0 Å². The van der Waals surface area contributed by atoms with Crippen LogP contribution in [0.25, 0.3) is 0 Å². The standard InChI is InChI=1S/C43H60FN3O7Si/c1-10-14-21-51-31-25-27(30-17-16-18-45-30)35(44)28-23-26-24-29-36(47(19-12-3)20-13-4)38-34(41(46-53-38)52-22-15-11-2)40(50)43(29,54-55(8,9)42(5,6)7)39(49)32(26)37(48)33(28)31/h12-13,25-26,29-30,36,45,49H,3-4,10-11,14-24H2,1-2,5-9H3/t26-,29-,30?,36-,43-/m0/s1. The van der Waals surface area contributed by atoms with Gasteiger partial charge in [0.2, 0.25) is 5.78 Å². The van der Waals surface area contributed by atoms with Crippen molar-refractivity contribution in [1.82, 2.24) is 15.4 Å². The zero-order valence-electron chi connectivity index (χ0n) is 33.8. The number of unbranched alkanes of at least 4 members (excludes halogenated alkanes) is 2. The van der Waals surface area contributed by atoms with Crippen molar-refractivity contribution >= 4 is 19.9 Å². The van der Waals surface area contributed by atoms with Crippen LogP contribution in [0.3, 0.4) is 0 Å². The maximum Gasteiger partial charge on any atom is 0.265 e. The summed E-state index contributed by atoms with van der Waals surface area (Å²) in [5.74, 6) is -2.65. The molecular weight excluding hydrogens is 718 g/mol. The molecule has 5 atom stereocenters. The number of allylic oxidation sites excluding steroid dienone is 1. The summed E-state index contributed by atoms with van der Waals surface area (Å²) in [4.78, 5) is 32.7. The number of carbonyl (C=O) groups excluding carboxylic acids is 2. The molecule has 0 amide bonds. The molecule has 1 aromatic carbocycles. The van der Waals surface area contributed by atoms with Gasteiger partial charge in [-0.2, -0.15) is 0 Å². The lowest BCUT2D eigenvalue weighted by atomic mass is 9.58. The average Bonchev–Trinajstić information content (AvgIpc) is 3.81. The summed E-state index contributed by atoms with van der Waals surface area (Å²) < 4.78 is 42.7. The molecule has 0 radical (unpaired) electrons. The van der Waals surface area contributed by atoms with Crippen molar-refractivity contribution in [1.29, 1.82) is 0 Å². The first-order valence-electron chi connectivity index (χ1n) is 20.2. The highest BCUT2D eigenvalue weighted by atomic mass is 28.4. The van der Waals surface area contributed by atoms with E-state index >= 15 is 14.0 Å². The molecule has 4 aliphatic rings. The molecular formula is C43H60FN3O7Si. The van der Waals surface area contributed by atoms with E-state index in [2.05, 4.69) is 56.2 Å². The highest BCUT2D eigenvalue weighted by molar-refractivity contribution is 6.74. The summed E-state index contributed by atoms with van der Waals surface area (Å²) in [5, 5.41) is 20.3. The molecule has 1 aliphatic heterocycles. The SMILES string of the molecule is C=CCN(CC=C)[C@@H]1c2onc(OCCCC)c2C(=O)[C@@]2(O[Si](C)(C)C(C)(C)C)C(O)=C3C(=O)c4c(OCCCC)cc(C5CCCN5)c(F)c4C[C@H]3C[C@@H]12. The smallest absolute Gasteiger partial charge is 0.265 e. The Balaban J connectivity index is 1.63. The molecule has 55 heavy (non-hydrogen) atoms. The molecule has 0 bridgehead atoms. The van der Waals surface area contributed by atoms with Crippen molar-refractivity contribution in [3.05, 3.63) is 76.5 Å². The second kappa shape index (κ2) is 16.1. The summed E-state index contributed by atoms with van der Waals surface area (Å²) in [6.45, 7) is 24.6. The maximum absolute atomic E-state index is 16.9. The van der Waals surface area contributed by atoms with Crippen molar-refractivity contribution in [2.24, 2.45) is 11.8 Å². The summed E-state index contributed by atoms with van der Waals surface area (Å²) in [6.07, 6.45) is 8.83. The summed E-state index contributed by atoms with van der Waals surface area (Å²) >= 11 is 0. The van der Waals surface area contributed by atoms with E-state index in [1.807, 2.05) is 20.0 Å². The number of nitrogens with one attached hydrogen (secondary N) is 1. The van der Waals surface area contributed by atoms with Crippen molar-refractivity contribution in [2.45, 2.75) is 122 Å². The maximum atomic E-state index is 16.9. The molecule has 6 rings (SSSR count). The third-order valence-corrected chi connectivity index (χ3v) is 17.0. The summed E-state index contributed by atoms with van der Waals surface area (Å²) in [6, 6.07) is 0.808. The van der Waals surface area contributed by atoms with Crippen molar-refractivity contribution < 1.29 is 37.5 Å². The predicted molar refractivity (Wildman–Crippen MR) is 213 cm³/mol. The molecule has 12 heteroatoms. The van der Waals surface area contributed by atoms with Crippen LogP contribution >= 0.6 is 0 Å². The van der Waals surface area contributed by atoms with Crippen LogP contribution < -0.4 is 14.8 Å². The number of ketones is 2. The number of hydrogen-bond acceptors (Lipinski definition) is 10. The first kappa shape index (κ1) is 41.1. The molecule has 1 aromatic heterocycles. The van der Waals surface area contributed by atoms with Crippen molar-refractivity contribution in [2.75, 3.05) is 32.8 Å². The van der Waals surface area contributed by atoms with Crippen LogP contribution in [-0.2, 0) is 10.8 Å². The highest BCUT2D eigenvalue weighted by Crippen LogP contribution is 2.60. The Labute approximate surface area is 326 Å². The average molecular weight is 778 g/mol. The fourth-order valence-electron chi connectivity index (χ4n) is 8.70. The van der Waals surface area contributed by atoms with E-state index in [0.29, 0.717) is 48.9 Å². The third-order valence-electron chi connectivity index (χ3n) is 12.5. The molecule has 2 N–H and O–H groups in total. The van der Waals surface area contributed by atoms with Gasteiger partial charge in [0.05, 0.1) is 24.8 Å². The number of Topliss-reactive ketones (excluding diaryl/α,β-unsaturated/α-hetero) is 2. The minimum atomic E-state index is -2.93. The molecule has 2 heterocycles. The predicted octanol–water partition coefficient (Wildman–Crippen LogP) is 9.16. The number of aliphatic hydroxyl groups is 1. The molecule has 1 unspecified atom stereocenters. The van der Waals surface area contributed by atoms with Gasteiger partial charge >= 0.3 is 0 Å². The van der Waals surface area contributed by atoms with E-state index in [1.54, 1.807) is 18.2 Å². The second-order valence-electron chi connectivity index (χ2n) is 17.1. The van der Waals surface area contributed by atoms with Crippen LogP contribution in [0.5, 0.6) is 11.6 Å². The molecule has 0 saturated carbocycles. The number of halogens is 1. The lowest BCUT2D eigenvalue weighted by Gasteiger charge is -2.55. The zero-order valence-corrected chi connectivity index (χ0v) is 34.8. The molecule has 0 spiro atoms. The van der Waals surface area contributed by atoms with E-state index < -0.39 is 60.0 Å². The van der Waals surface area contributed by atoms with Gasteiger partial charge in [-0.1, -0.05) is 59.6 Å². The number of aliphatic hydroxyl groups excluding tert-OH is 1. The lowest BCUT2D eigenvalue weighted by Crippen LogP contribution is -2.65. The van der Waals surface area contributed by atoms with Crippen LogP contribution in [-0.4, -0.2) is 73.5 Å². The quantitative estimate of drug-likeness (QED) is 0.0969. The van der Waals surface area contributed by atoms with Gasteiger partial charge in [-0.25, -0.2) is 4.39 Å². The number of rotatable bonds is 16. The first-order valence-corrected chi connectivity index (χ1v) is 23.1. The second-order valence-corrected chi connectivity index (χ2v) is 21.9. The summed E-state index contributed by atoms with van der Waals surface area (Å²) in [7, 11) is -2.93. The van der Waals surface area contributed by atoms with E-state index in [-0.39, 0.29) is 41.5 Å². The number of carbonyl (C=O) groups is 2. The fourth-order valence-corrected chi connectivity index (χ4v) is 10.1. The van der Waals surface area contributed by atoms with Crippen molar-refractivity contribution in [3.63, 3.8) is 0 Å². The third kappa shape index (κ3) is 7.06. The first-order chi connectivity index (χ1) is 26.2. The zero-order chi connectivity index (χ0) is 39.9. The van der Waals surface area contributed by atoms with E-state index in [4.69, 9.17) is 18.4 Å². The molecule has 1 saturated heterocycles. The minimum Gasteiger partial charge on any atom is -0.508 e.